The van der Waals surface area contributed by atoms with Crippen molar-refractivity contribution in [2.75, 3.05) is 26.8 Å². The fraction of sp³-hybridized carbons (Fsp3) is 0.458. The number of alkyl halides is 1. The second-order valence-electron chi connectivity index (χ2n) is 9.02. The van der Waals surface area contributed by atoms with E-state index in [0.717, 1.165) is 16.3 Å². The molecule has 1 aromatic carbocycles. The molecule has 3 rings (SSSR count). The standard InChI is InChI=1S/C24H32FN5O2S/c1-24(2,3)21(30(14-18(25)12-26)20(31)16-32-4)22-28-19(23-27-10-11-33-23)15-29(22)13-17-8-6-5-7-9-17/h5-11,15,18,21H,12-14,16,26H2,1-4H3. The Labute approximate surface area is 198 Å². The first-order valence-electron chi connectivity index (χ1n) is 10.9. The number of imidazole rings is 1. The number of hydrogen-bond donors (Lipinski definition) is 1. The van der Waals surface area contributed by atoms with Gasteiger partial charge in [-0.1, -0.05) is 51.1 Å². The van der Waals surface area contributed by atoms with Crippen LogP contribution in [0.3, 0.4) is 0 Å². The third-order valence-corrected chi connectivity index (χ3v) is 6.07. The Bertz CT molecular complexity index is 1020. The highest BCUT2D eigenvalue weighted by atomic mass is 32.1. The Morgan fingerprint density at radius 2 is 2.03 bits per heavy atom. The summed E-state index contributed by atoms with van der Waals surface area (Å²) in [4.78, 5) is 24.0. The van der Waals surface area contributed by atoms with Crippen LogP contribution in [0.5, 0.6) is 0 Å². The highest BCUT2D eigenvalue weighted by Crippen LogP contribution is 2.39. The Morgan fingerprint density at radius 1 is 1.30 bits per heavy atom. The summed E-state index contributed by atoms with van der Waals surface area (Å²) in [7, 11) is 1.45. The summed E-state index contributed by atoms with van der Waals surface area (Å²) < 4.78 is 21.7. The van der Waals surface area contributed by atoms with Gasteiger partial charge in [0.2, 0.25) is 5.91 Å². The molecule has 0 aliphatic carbocycles. The maximum absolute atomic E-state index is 14.5. The number of nitrogens with zero attached hydrogens (tertiary/aromatic N) is 4. The minimum absolute atomic E-state index is 0.134. The third kappa shape index (κ3) is 6.25. The minimum atomic E-state index is -1.35. The zero-order valence-electron chi connectivity index (χ0n) is 19.6. The minimum Gasteiger partial charge on any atom is -0.375 e. The number of aromatic nitrogens is 3. The Morgan fingerprint density at radius 3 is 2.61 bits per heavy atom. The maximum Gasteiger partial charge on any atom is 0.249 e. The molecule has 9 heteroatoms. The van der Waals surface area contributed by atoms with Crippen LogP contribution in [0.2, 0.25) is 0 Å². The van der Waals surface area contributed by atoms with Crippen molar-refractivity contribution in [1.82, 2.24) is 19.4 Å². The summed E-state index contributed by atoms with van der Waals surface area (Å²) >= 11 is 1.50. The van der Waals surface area contributed by atoms with Crippen LogP contribution in [0.25, 0.3) is 10.7 Å². The molecule has 0 spiro atoms. The van der Waals surface area contributed by atoms with Crippen molar-refractivity contribution < 1.29 is 13.9 Å². The summed E-state index contributed by atoms with van der Waals surface area (Å²) in [5.74, 6) is 0.365. The molecular weight excluding hydrogens is 441 g/mol. The third-order valence-electron chi connectivity index (χ3n) is 5.27. The summed E-state index contributed by atoms with van der Waals surface area (Å²) in [5.41, 5.74) is 6.94. The highest BCUT2D eigenvalue weighted by molar-refractivity contribution is 7.13. The molecule has 0 radical (unpaired) electrons. The molecule has 2 atom stereocenters. The molecule has 2 aromatic heterocycles. The van der Waals surface area contributed by atoms with Crippen LogP contribution in [0, 0.1) is 5.41 Å². The largest absolute Gasteiger partial charge is 0.375 e. The number of amides is 1. The van der Waals surface area contributed by atoms with Crippen LogP contribution in [0.1, 0.15) is 38.2 Å². The van der Waals surface area contributed by atoms with E-state index in [-0.39, 0.29) is 25.6 Å². The molecule has 7 nitrogen and oxygen atoms in total. The number of rotatable bonds is 10. The number of hydrogen-bond acceptors (Lipinski definition) is 6. The van der Waals surface area contributed by atoms with Gasteiger partial charge in [0.15, 0.2) is 0 Å². The number of carbonyl (C=O) groups excluding carboxylic acids is 1. The van der Waals surface area contributed by atoms with Gasteiger partial charge in [0.05, 0.1) is 12.6 Å². The first-order chi connectivity index (χ1) is 15.7. The first-order valence-corrected chi connectivity index (χ1v) is 11.8. The van der Waals surface area contributed by atoms with E-state index in [2.05, 4.69) is 4.98 Å². The average Bonchev–Trinajstić information content (AvgIpc) is 3.44. The van der Waals surface area contributed by atoms with Crippen LogP contribution >= 0.6 is 11.3 Å². The molecular formula is C24H32FN5O2S. The number of carbonyl (C=O) groups is 1. The monoisotopic (exact) mass is 473 g/mol. The topological polar surface area (TPSA) is 86.3 Å². The molecule has 0 fully saturated rings. The molecule has 0 saturated carbocycles. The van der Waals surface area contributed by atoms with E-state index >= 15 is 0 Å². The molecule has 1 amide bonds. The van der Waals surface area contributed by atoms with Gasteiger partial charge in [-0.15, -0.1) is 11.3 Å². The van der Waals surface area contributed by atoms with Gasteiger partial charge >= 0.3 is 0 Å². The van der Waals surface area contributed by atoms with E-state index < -0.39 is 17.6 Å². The number of methoxy groups -OCH3 is 1. The summed E-state index contributed by atoms with van der Waals surface area (Å²) in [5, 5.41) is 2.69. The van der Waals surface area contributed by atoms with Crippen molar-refractivity contribution in [3.05, 3.63) is 59.5 Å². The van der Waals surface area contributed by atoms with Gasteiger partial charge in [-0.25, -0.2) is 14.4 Å². The lowest BCUT2D eigenvalue weighted by Gasteiger charge is -2.40. The van der Waals surface area contributed by atoms with E-state index in [9.17, 15) is 9.18 Å². The SMILES string of the molecule is COCC(=O)N(CC(F)CN)C(c1nc(-c2nccs2)cn1Cc1ccccc1)C(C)(C)C. The van der Waals surface area contributed by atoms with Crippen molar-refractivity contribution in [2.45, 2.75) is 39.5 Å². The number of nitrogens with two attached hydrogens (primary N) is 1. The molecule has 0 bridgehead atoms. The molecule has 2 N–H and O–H groups in total. The van der Waals surface area contributed by atoms with Gasteiger partial charge in [-0.2, -0.15) is 0 Å². The predicted octanol–water partition coefficient (Wildman–Crippen LogP) is 3.91. The molecule has 178 valence electrons. The summed E-state index contributed by atoms with van der Waals surface area (Å²) in [6.07, 6.45) is 2.33. The van der Waals surface area contributed by atoms with Gasteiger partial charge in [0.1, 0.15) is 29.3 Å². The molecule has 2 unspecified atom stereocenters. The van der Waals surface area contributed by atoms with Gasteiger partial charge < -0.3 is 19.9 Å². The zero-order chi connectivity index (χ0) is 24.0. The van der Waals surface area contributed by atoms with Crippen LogP contribution < -0.4 is 5.73 Å². The fourth-order valence-corrected chi connectivity index (χ4v) is 4.44. The Kier molecular flexibility index (Phi) is 8.34. The Balaban J connectivity index is 2.14. The van der Waals surface area contributed by atoms with Crippen LogP contribution in [0.4, 0.5) is 4.39 Å². The van der Waals surface area contributed by atoms with E-state index in [1.165, 1.54) is 23.3 Å². The number of halogens is 1. The fourth-order valence-electron chi connectivity index (χ4n) is 3.85. The van der Waals surface area contributed by atoms with E-state index in [1.54, 1.807) is 6.20 Å². The first kappa shape index (κ1) is 25.0. The van der Waals surface area contributed by atoms with Crippen molar-refractivity contribution in [3.8, 4) is 10.7 Å². The molecule has 0 aliphatic rings. The van der Waals surface area contributed by atoms with Gasteiger partial charge in [-0.3, -0.25) is 4.79 Å². The average molecular weight is 474 g/mol. The normalized spacial score (nSPS) is 13.6. The predicted molar refractivity (Wildman–Crippen MR) is 129 cm³/mol. The van der Waals surface area contributed by atoms with Gasteiger partial charge in [-0.05, 0) is 11.0 Å². The quantitative estimate of drug-likeness (QED) is 0.482. The second kappa shape index (κ2) is 11.0. The van der Waals surface area contributed by atoms with E-state index in [1.807, 2.05) is 67.2 Å². The second-order valence-corrected chi connectivity index (χ2v) is 9.91. The molecule has 0 saturated heterocycles. The summed E-state index contributed by atoms with van der Waals surface area (Å²) in [6.45, 7) is 6.16. The molecule has 33 heavy (non-hydrogen) atoms. The van der Waals surface area contributed by atoms with Gasteiger partial charge in [0, 0.05) is 38.0 Å². The smallest absolute Gasteiger partial charge is 0.249 e. The van der Waals surface area contributed by atoms with Crippen molar-refractivity contribution >= 4 is 17.2 Å². The molecule has 0 aliphatic heterocycles. The number of thiazole rings is 1. The summed E-state index contributed by atoms with van der Waals surface area (Å²) in [6, 6.07) is 9.51. The van der Waals surface area contributed by atoms with Crippen molar-refractivity contribution in [1.29, 1.82) is 0 Å². The number of benzene rings is 1. The van der Waals surface area contributed by atoms with E-state index in [4.69, 9.17) is 15.5 Å². The maximum atomic E-state index is 14.5. The van der Waals surface area contributed by atoms with Crippen LogP contribution in [-0.4, -0.2) is 58.3 Å². The van der Waals surface area contributed by atoms with Gasteiger partial charge in [0.25, 0.3) is 0 Å². The lowest BCUT2D eigenvalue weighted by atomic mass is 9.84. The lowest BCUT2D eigenvalue weighted by molar-refractivity contribution is -0.141. The molecule has 2 heterocycles. The Hall–Kier alpha value is -2.62. The lowest BCUT2D eigenvalue weighted by Crippen LogP contribution is -2.47. The highest BCUT2D eigenvalue weighted by Gasteiger charge is 2.39. The van der Waals surface area contributed by atoms with Crippen LogP contribution in [0.15, 0.2) is 48.1 Å². The molecule has 3 aromatic rings. The zero-order valence-corrected chi connectivity index (χ0v) is 20.4. The van der Waals surface area contributed by atoms with Crippen LogP contribution in [-0.2, 0) is 16.1 Å². The van der Waals surface area contributed by atoms with Crippen molar-refractivity contribution in [2.24, 2.45) is 11.1 Å². The number of ether oxygens (including phenoxy) is 1. The van der Waals surface area contributed by atoms with E-state index in [0.29, 0.717) is 12.4 Å². The van der Waals surface area contributed by atoms with Crippen molar-refractivity contribution in [3.63, 3.8) is 0 Å².